The Morgan fingerprint density at radius 3 is 2.06 bits per heavy atom. The minimum atomic E-state index is 0.0748. The molecule has 1 unspecified atom stereocenters. The molecule has 1 amide bonds. The monoisotopic (exact) mass is 245 g/mol. The first-order valence-electron chi connectivity index (χ1n) is 7.04. The van der Waals surface area contributed by atoms with Crippen LogP contribution in [0.25, 0.3) is 0 Å². The highest BCUT2D eigenvalue weighted by Gasteiger charge is 2.16. The van der Waals surface area contributed by atoms with Crippen molar-refractivity contribution in [3.8, 4) is 0 Å². The Balaban J connectivity index is 0. The summed E-state index contributed by atoms with van der Waals surface area (Å²) >= 11 is 0. The third-order valence-electron chi connectivity index (χ3n) is 3.31. The van der Waals surface area contributed by atoms with Gasteiger partial charge in [0.25, 0.3) is 0 Å². The zero-order valence-corrected chi connectivity index (χ0v) is 13.0. The summed E-state index contributed by atoms with van der Waals surface area (Å²) in [5, 5.41) is 2.92. The molecule has 0 saturated heterocycles. The fourth-order valence-corrected chi connectivity index (χ4v) is 1.74. The van der Waals surface area contributed by atoms with E-state index in [0.29, 0.717) is 6.04 Å². The largest absolute Gasteiger partial charge is 0.354 e. The molecule has 0 aliphatic carbocycles. The molecule has 0 aromatic carbocycles. The molecule has 1 atom stereocenters. The minimum Gasteiger partial charge on any atom is -0.354 e. The van der Waals surface area contributed by atoms with Crippen LogP contribution in [-0.2, 0) is 4.79 Å². The van der Waals surface area contributed by atoms with Gasteiger partial charge in [-0.1, -0.05) is 13.8 Å². The molecule has 0 saturated carbocycles. The van der Waals surface area contributed by atoms with E-state index in [1.54, 1.807) is 6.92 Å². The van der Waals surface area contributed by atoms with E-state index in [1.165, 1.54) is 26.1 Å². The molecule has 17 heavy (non-hydrogen) atoms. The molecule has 0 aliphatic rings. The van der Waals surface area contributed by atoms with E-state index in [1.807, 2.05) is 13.8 Å². The van der Waals surface area contributed by atoms with Crippen molar-refractivity contribution in [3.05, 3.63) is 0 Å². The van der Waals surface area contributed by atoms with Gasteiger partial charge in [-0.15, -0.1) is 0 Å². The van der Waals surface area contributed by atoms with Crippen molar-refractivity contribution in [2.75, 3.05) is 26.7 Å². The first-order chi connectivity index (χ1) is 7.93. The molecular weight excluding hydrogens is 212 g/mol. The highest BCUT2D eigenvalue weighted by atomic mass is 16.1. The lowest BCUT2D eigenvalue weighted by atomic mass is 10.1. The van der Waals surface area contributed by atoms with Gasteiger partial charge in [-0.3, -0.25) is 4.79 Å². The molecule has 0 aromatic rings. The van der Waals surface area contributed by atoms with Crippen LogP contribution in [0.4, 0.5) is 0 Å². The normalized spacial score (nSPS) is 12.4. The van der Waals surface area contributed by atoms with Crippen LogP contribution < -0.4 is 5.32 Å². The highest BCUT2D eigenvalue weighted by molar-refractivity contribution is 5.73. The maximum atomic E-state index is 10.8. The number of hydrogen-bond acceptors (Lipinski definition) is 1. The summed E-state index contributed by atoms with van der Waals surface area (Å²) in [7, 11) is 2.29. The second-order valence-electron chi connectivity index (χ2n) is 4.72. The molecule has 0 aliphatic heterocycles. The molecule has 0 spiro atoms. The van der Waals surface area contributed by atoms with Crippen LogP contribution in [-0.4, -0.2) is 43.1 Å². The second-order valence-corrected chi connectivity index (χ2v) is 4.72. The Bertz CT molecular complexity index is 189. The maximum Gasteiger partial charge on any atom is 0.217 e. The summed E-state index contributed by atoms with van der Waals surface area (Å²) in [6.45, 7) is 15.7. The lowest BCUT2D eigenvalue weighted by Crippen LogP contribution is -2.44. The average Bonchev–Trinajstić information content (AvgIpc) is 2.30. The number of nitrogens with one attached hydrogen (secondary N) is 1. The smallest absolute Gasteiger partial charge is 0.217 e. The number of amides is 1. The summed E-state index contributed by atoms with van der Waals surface area (Å²) in [4.78, 5) is 10.8. The topological polar surface area (TPSA) is 29.1 Å². The summed E-state index contributed by atoms with van der Waals surface area (Å²) in [6, 6.07) is 0.310. The van der Waals surface area contributed by atoms with Gasteiger partial charge < -0.3 is 9.80 Å². The Kier molecular flexibility index (Phi) is 11.7. The molecule has 0 rings (SSSR count). The third-order valence-corrected chi connectivity index (χ3v) is 3.31. The molecule has 104 valence electrons. The zero-order chi connectivity index (χ0) is 13.9. The number of carbonyl (C=O) groups is 1. The van der Waals surface area contributed by atoms with Gasteiger partial charge in [0.2, 0.25) is 5.91 Å². The second kappa shape index (κ2) is 10.6. The molecule has 0 radical (unpaired) electrons. The summed E-state index contributed by atoms with van der Waals surface area (Å²) < 4.78 is 1.13. The Morgan fingerprint density at radius 1 is 1.24 bits per heavy atom. The molecule has 1 N–H and O–H groups in total. The molecule has 0 aromatic heterocycles. The van der Waals surface area contributed by atoms with E-state index in [0.717, 1.165) is 10.9 Å². The van der Waals surface area contributed by atoms with Crippen LogP contribution >= 0.6 is 0 Å². The van der Waals surface area contributed by atoms with E-state index in [9.17, 15) is 4.79 Å². The van der Waals surface area contributed by atoms with Crippen molar-refractivity contribution in [2.24, 2.45) is 0 Å². The van der Waals surface area contributed by atoms with E-state index < -0.39 is 0 Å². The van der Waals surface area contributed by atoms with Gasteiger partial charge in [0.15, 0.2) is 0 Å². The molecule has 0 fully saturated rings. The van der Waals surface area contributed by atoms with Crippen molar-refractivity contribution in [3.63, 3.8) is 0 Å². The van der Waals surface area contributed by atoms with Crippen LogP contribution in [0.15, 0.2) is 0 Å². The predicted octanol–water partition coefficient (Wildman–Crippen LogP) is 2.80. The highest BCUT2D eigenvalue weighted by Crippen LogP contribution is 2.06. The van der Waals surface area contributed by atoms with E-state index in [4.69, 9.17) is 0 Å². The van der Waals surface area contributed by atoms with Crippen molar-refractivity contribution in [1.82, 2.24) is 5.32 Å². The van der Waals surface area contributed by atoms with Gasteiger partial charge in [-0.25, -0.2) is 0 Å². The quantitative estimate of drug-likeness (QED) is 0.687. The van der Waals surface area contributed by atoms with Crippen LogP contribution in [0.3, 0.4) is 0 Å². The van der Waals surface area contributed by atoms with Crippen molar-refractivity contribution in [2.45, 2.75) is 60.4 Å². The third kappa shape index (κ3) is 10.3. The van der Waals surface area contributed by atoms with Crippen LogP contribution in [0.2, 0.25) is 0 Å². The Hall–Kier alpha value is -0.570. The van der Waals surface area contributed by atoms with Crippen molar-refractivity contribution >= 4 is 5.91 Å². The number of carbonyl (C=O) groups excluding carboxylic acids is 1. The fourth-order valence-electron chi connectivity index (χ4n) is 1.74. The standard InChI is InChI=1S/C12H26N2O.C2H6/c1-6-14(5,7-2)10-8-9-11(3)13-12(4)15;1-2/h11H,6-10H2,1-5H3;1-2H3/p+1. The number of quaternary nitrogens is 1. The maximum absolute atomic E-state index is 10.8. The molecule has 3 heteroatoms. The summed E-state index contributed by atoms with van der Waals surface area (Å²) in [5.41, 5.74) is 0. The van der Waals surface area contributed by atoms with Gasteiger partial charge >= 0.3 is 0 Å². The van der Waals surface area contributed by atoms with Crippen molar-refractivity contribution < 1.29 is 9.28 Å². The van der Waals surface area contributed by atoms with E-state index in [2.05, 4.69) is 33.1 Å². The fraction of sp³-hybridized carbons (Fsp3) is 0.929. The summed E-state index contributed by atoms with van der Waals surface area (Å²) in [6.07, 6.45) is 2.26. The lowest BCUT2D eigenvalue weighted by Gasteiger charge is -2.32. The Labute approximate surface area is 108 Å². The molecule has 0 heterocycles. The lowest BCUT2D eigenvalue weighted by molar-refractivity contribution is -0.906. The van der Waals surface area contributed by atoms with Gasteiger partial charge in [0.1, 0.15) is 0 Å². The predicted molar refractivity (Wildman–Crippen MR) is 76.0 cm³/mol. The average molecular weight is 245 g/mol. The van der Waals surface area contributed by atoms with Crippen molar-refractivity contribution in [1.29, 1.82) is 0 Å². The molecule has 3 nitrogen and oxygen atoms in total. The first kappa shape index (κ1) is 18.8. The van der Waals surface area contributed by atoms with E-state index >= 15 is 0 Å². The van der Waals surface area contributed by atoms with Gasteiger partial charge in [-0.2, -0.15) is 0 Å². The van der Waals surface area contributed by atoms with Gasteiger partial charge in [-0.05, 0) is 33.6 Å². The van der Waals surface area contributed by atoms with Gasteiger partial charge in [0, 0.05) is 13.0 Å². The first-order valence-corrected chi connectivity index (χ1v) is 7.04. The molecule has 0 bridgehead atoms. The van der Waals surface area contributed by atoms with Gasteiger partial charge in [0.05, 0.1) is 26.7 Å². The zero-order valence-electron chi connectivity index (χ0n) is 13.0. The van der Waals surface area contributed by atoms with Crippen LogP contribution in [0, 0.1) is 0 Å². The van der Waals surface area contributed by atoms with Crippen LogP contribution in [0.5, 0.6) is 0 Å². The van der Waals surface area contributed by atoms with E-state index in [-0.39, 0.29) is 5.91 Å². The summed E-state index contributed by atoms with van der Waals surface area (Å²) in [5.74, 6) is 0.0748. The minimum absolute atomic E-state index is 0.0748. The number of nitrogens with zero attached hydrogens (tertiary/aromatic N) is 1. The Morgan fingerprint density at radius 2 is 1.71 bits per heavy atom. The molecular formula is C14H33N2O+. The SMILES string of the molecule is CC.CC[N+](C)(CC)CCCC(C)NC(C)=O. The van der Waals surface area contributed by atoms with Crippen LogP contribution in [0.1, 0.15) is 54.4 Å². The number of rotatable bonds is 7. The number of hydrogen-bond donors (Lipinski definition) is 1.